The van der Waals surface area contributed by atoms with Crippen molar-refractivity contribution in [1.29, 1.82) is 0 Å². The zero-order valence-corrected chi connectivity index (χ0v) is 11.1. The second-order valence-corrected chi connectivity index (χ2v) is 9.98. The van der Waals surface area contributed by atoms with E-state index in [4.69, 9.17) is 0 Å². The van der Waals surface area contributed by atoms with Crippen molar-refractivity contribution in [3.05, 3.63) is 0 Å². The summed E-state index contributed by atoms with van der Waals surface area (Å²) in [6, 6.07) is 0. The maximum atomic E-state index is 11.2. The Morgan fingerprint density at radius 3 is 2.21 bits per heavy atom. The van der Waals surface area contributed by atoms with Gasteiger partial charge in [0.1, 0.15) is 8.07 Å². The lowest BCUT2D eigenvalue weighted by Gasteiger charge is -2.31. The van der Waals surface area contributed by atoms with Crippen molar-refractivity contribution in [2.75, 3.05) is 6.54 Å². The maximum Gasteiger partial charge on any atom is 0.295 e. The summed E-state index contributed by atoms with van der Waals surface area (Å²) in [6.07, 6.45) is 0. The quantitative estimate of drug-likeness (QED) is 0.523. The summed E-state index contributed by atoms with van der Waals surface area (Å²) >= 11 is 0. The normalized spacial score (nSPS) is 11.6. The monoisotopic (exact) mass is 211 g/mol. The number of amides is 1. The van der Waals surface area contributed by atoms with Crippen LogP contribution in [0.2, 0.25) is 18.1 Å². The van der Waals surface area contributed by atoms with Crippen LogP contribution in [0, 0.1) is 11.5 Å². The summed E-state index contributed by atoms with van der Waals surface area (Å²) in [5.41, 5.74) is 3.16. The standard InChI is InChI=1S/C11H21NOSi/c1-7-12-10(13)8-9-14(5,6)11(2,3)4/h7H2,1-6H3,(H,12,13). The molecular formula is C11H21NOSi. The van der Waals surface area contributed by atoms with Crippen LogP contribution in [-0.2, 0) is 4.79 Å². The first-order valence-electron chi connectivity index (χ1n) is 5.01. The number of hydrogen-bond donors (Lipinski definition) is 1. The van der Waals surface area contributed by atoms with E-state index in [9.17, 15) is 4.79 Å². The Kier molecular flexibility index (Phi) is 4.40. The first kappa shape index (κ1) is 13.2. The van der Waals surface area contributed by atoms with Crippen molar-refractivity contribution < 1.29 is 4.79 Å². The fraction of sp³-hybridized carbons (Fsp3) is 0.727. The summed E-state index contributed by atoms with van der Waals surface area (Å²) in [6.45, 7) is 13.5. The van der Waals surface area contributed by atoms with E-state index in [-0.39, 0.29) is 10.9 Å². The predicted octanol–water partition coefficient (Wildman–Crippen LogP) is 2.17. The molecule has 14 heavy (non-hydrogen) atoms. The molecule has 0 saturated heterocycles. The third-order valence-corrected chi connectivity index (χ3v) is 7.20. The van der Waals surface area contributed by atoms with Gasteiger partial charge in [0.05, 0.1) is 0 Å². The summed E-state index contributed by atoms with van der Waals surface area (Å²) in [7, 11) is -1.62. The fourth-order valence-corrected chi connectivity index (χ4v) is 1.41. The van der Waals surface area contributed by atoms with Crippen LogP contribution in [0.15, 0.2) is 0 Å². The summed E-state index contributed by atoms with van der Waals surface area (Å²) in [4.78, 5) is 11.2. The summed E-state index contributed by atoms with van der Waals surface area (Å²) in [5.74, 6) is 2.54. The van der Waals surface area contributed by atoms with Crippen molar-refractivity contribution >= 4 is 14.0 Å². The number of rotatable bonds is 1. The molecule has 1 N–H and O–H groups in total. The van der Waals surface area contributed by atoms with Gasteiger partial charge in [-0.2, -0.15) is 0 Å². The molecule has 0 rings (SSSR count). The van der Waals surface area contributed by atoms with Gasteiger partial charge in [-0.15, -0.1) is 5.54 Å². The van der Waals surface area contributed by atoms with E-state index in [2.05, 4.69) is 50.6 Å². The minimum Gasteiger partial charge on any atom is -0.346 e. The van der Waals surface area contributed by atoms with E-state index in [0.717, 1.165) is 0 Å². The van der Waals surface area contributed by atoms with E-state index < -0.39 is 8.07 Å². The second-order valence-electron chi connectivity index (χ2n) is 4.98. The molecule has 0 aromatic heterocycles. The molecule has 1 amide bonds. The molecule has 0 radical (unpaired) electrons. The van der Waals surface area contributed by atoms with Crippen molar-refractivity contribution in [3.8, 4) is 11.5 Å². The molecule has 0 atom stereocenters. The lowest BCUT2D eigenvalue weighted by Crippen LogP contribution is -2.36. The molecule has 2 nitrogen and oxygen atoms in total. The highest BCUT2D eigenvalue weighted by atomic mass is 28.3. The first-order chi connectivity index (χ1) is 6.20. The lowest BCUT2D eigenvalue weighted by atomic mass is 10.2. The number of carbonyl (C=O) groups excluding carboxylic acids is 1. The molecule has 0 spiro atoms. The molecule has 3 heteroatoms. The molecule has 0 unspecified atom stereocenters. The van der Waals surface area contributed by atoms with E-state index >= 15 is 0 Å². The number of carbonyl (C=O) groups is 1. The van der Waals surface area contributed by atoms with Crippen LogP contribution in [0.4, 0.5) is 0 Å². The van der Waals surface area contributed by atoms with E-state index in [1.807, 2.05) is 6.92 Å². The maximum absolute atomic E-state index is 11.2. The van der Waals surface area contributed by atoms with E-state index in [1.165, 1.54) is 0 Å². The van der Waals surface area contributed by atoms with E-state index in [0.29, 0.717) is 6.54 Å². The van der Waals surface area contributed by atoms with Crippen LogP contribution < -0.4 is 5.32 Å². The van der Waals surface area contributed by atoms with Crippen LogP contribution in [0.5, 0.6) is 0 Å². The second kappa shape index (κ2) is 4.65. The predicted molar refractivity (Wildman–Crippen MR) is 63.7 cm³/mol. The Hall–Kier alpha value is -0.753. The largest absolute Gasteiger partial charge is 0.346 e. The SMILES string of the molecule is CCNC(=O)C#C[Si](C)(C)C(C)(C)C. The average Bonchev–Trinajstić information content (AvgIpc) is 1.99. The highest BCUT2D eigenvalue weighted by Gasteiger charge is 2.33. The summed E-state index contributed by atoms with van der Waals surface area (Å²) < 4.78 is 0. The topological polar surface area (TPSA) is 29.1 Å². The van der Waals surface area contributed by atoms with Crippen molar-refractivity contribution in [2.45, 2.75) is 45.8 Å². The van der Waals surface area contributed by atoms with Gasteiger partial charge in [0.15, 0.2) is 0 Å². The number of hydrogen-bond acceptors (Lipinski definition) is 1. The van der Waals surface area contributed by atoms with Crippen LogP contribution >= 0.6 is 0 Å². The van der Waals surface area contributed by atoms with Gasteiger partial charge in [0, 0.05) is 6.54 Å². The van der Waals surface area contributed by atoms with Gasteiger partial charge in [0.25, 0.3) is 5.91 Å². The molecule has 80 valence electrons. The molecule has 0 aromatic rings. The molecule has 0 aliphatic carbocycles. The highest BCUT2D eigenvalue weighted by molar-refractivity contribution is 6.87. The third-order valence-electron chi connectivity index (χ3n) is 2.70. The van der Waals surface area contributed by atoms with Gasteiger partial charge in [-0.3, -0.25) is 4.79 Å². The molecular weight excluding hydrogens is 190 g/mol. The van der Waals surface area contributed by atoms with Crippen molar-refractivity contribution in [2.24, 2.45) is 0 Å². The number of nitrogens with one attached hydrogen (secondary N) is 1. The Balaban J connectivity index is 4.57. The van der Waals surface area contributed by atoms with Crippen LogP contribution in [0.25, 0.3) is 0 Å². The summed E-state index contributed by atoms with van der Waals surface area (Å²) in [5, 5.41) is 2.89. The molecule has 0 aliphatic heterocycles. The lowest BCUT2D eigenvalue weighted by molar-refractivity contribution is -0.115. The zero-order valence-electron chi connectivity index (χ0n) is 10.1. The molecule has 0 heterocycles. The zero-order chi connectivity index (χ0) is 11.4. The van der Waals surface area contributed by atoms with Gasteiger partial charge in [-0.25, -0.2) is 0 Å². The minimum absolute atomic E-state index is 0.155. The first-order valence-corrected chi connectivity index (χ1v) is 8.01. The molecule has 0 aromatic carbocycles. The smallest absolute Gasteiger partial charge is 0.295 e. The van der Waals surface area contributed by atoms with E-state index in [1.54, 1.807) is 0 Å². The Morgan fingerprint density at radius 1 is 1.36 bits per heavy atom. The van der Waals surface area contributed by atoms with Gasteiger partial charge < -0.3 is 5.32 Å². The molecule has 0 saturated carbocycles. The van der Waals surface area contributed by atoms with Crippen LogP contribution in [-0.4, -0.2) is 20.5 Å². The van der Waals surface area contributed by atoms with Gasteiger partial charge in [-0.05, 0) is 17.9 Å². The molecule has 0 fully saturated rings. The fourth-order valence-electron chi connectivity index (χ4n) is 0.605. The Morgan fingerprint density at radius 2 is 1.86 bits per heavy atom. The van der Waals surface area contributed by atoms with Crippen molar-refractivity contribution in [3.63, 3.8) is 0 Å². The third kappa shape index (κ3) is 3.97. The molecule has 0 aliphatic rings. The minimum atomic E-state index is -1.62. The Labute approximate surface area is 88.5 Å². The van der Waals surface area contributed by atoms with Gasteiger partial charge in [-0.1, -0.05) is 33.9 Å². The van der Waals surface area contributed by atoms with Crippen LogP contribution in [0.1, 0.15) is 27.7 Å². The van der Waals surface area contributed by atoms with Crippen LogP contribution in [0.3, 0.4) is 0 Å². The Bertz CT molecular complexity index is 265. The van der Waals surface area contributed by atoms with Crippen molar-refractivity contribution in [1.82, 2.24) is 5.32 Å². The van der Waals surface area contributed by atoms with Gasteiger partial charge in [0.2, 0.25) is 0 Å². The average molecular weight is 211 g/mol. The van der Waals surface area contributed by atoms with Gasteiger partial charge >= 0.3 is 0 Å². The molecule has 0 bridgehead atoms. The highest BCUT2D eigenvalue weighted by Crippen LogP contribution is 2.34.